The maximum Gasteiger partial charge on any atom is 0.315 e. The third-order valence-corrected chi connectivity index (χ3v) is 10.6. The van der Waals surface area contributed by atoms with Crippen molar-refractivity contribution in [3.63, 3.8) is 0 Å². The molecular weight excluding hydrogens is 616 g/mol. The number of unbranched alkanes of at least 4 members (excludes halogenated alkanes) is 1. The van der Waals surface area contributed by atoms with Crippen molar-refractivity contribution in [3.8, 4) is 11.5 Å². The average molecular weight is 647 g/mol. The van der Waals surface area contributed by atoms with Gasteiger partial charge in [-0.25, -0.2) is 4.39 Å². The first-order valence-corrected chi connectivity index (χ1v) is 17.8. The number of benzene rings is 3. The Morgan fingerprint density at radius 2 is 1.70 bits per heavy atom. The fourth-order valence-electron chi connectivity index (χ4n) is 4.92. The molecule has 9 heteroatoms. The molecule has 0 saturated heterocycles. The zero-order valence-electron chi connectivity index (χ0n) is 24.6. The lowest BCUT2D eigenvalue weighted by Gasteiger charge is -2.11. The highest BCUT2D eigenvalue weighted by Crippen LogP contribution is 2.49. The molecule has 0 saturated carbocycles. The van der Waals surface area contributed by atoms with E-state index in [1.807, 2.05) is 50.3 Å². The van der Waals surface area contributed by atoms with E-state index in [-0.39, 0.29) is 18.6 Å². The second-order valence-corrected chi connectivity index (χ2v) is 14.1. The monoisotopic (exact) mass is 646 g/mol. The molecule has 1 atom stereocenters. The number of carbonyl (C=O) groups excluding carboxylic acids is 2. The third kappa shape index (κ3) is 7.34. The second kappa shape index (κ2) is 14.0. The Morgan fingerprint density at radius 1 is 0.977 bits per heavy atom. The number of hydrogen-bond donors (Lipinski definition) is 0. The number of hydrogen-bond acceptors (Lipinski definition) is 7. The summed E-state index contributed by atoms with van der Waals surface area (Å²) in [6.07, 6.45) is 7.14. The van der Waals surface area contributed by atoms with Gasteiger partial charge in [-0.05, 0) is 101 Å². The summed E-state index contributed by atoms with van der Waals surface area (Å²) in [5.74, 6) is -1.40. The Labute approximate surface area is 267 Å². The lowest BCUT2D eigenvalue weighted by Crippen LogP contribution is -2.10. The number of fused-ring (bicyclic) bond motifs is 1. The molecule has 0 amide bonds. The van der Waals surface area contributed by atoms with Crippen LogP contribution in [0.5, 0.6) is 11.5 Å². The van der Waals surface area contributed by atoms with E-state index in [2.05, 4.69) is 6.58 Å². The van der Waals surface area contributed by atoms with Gasteiger partial charge in [-0.2, -0.15) is 0 Å². The Kier molecular flexibility index (Phi) is 10.1. The maximum atomic E-state index is 15.3. The molecule has 2 aliphatic rings. The molecule has 0 radical (unpaired) electrons. The predicted molar refractivity (Wildman–Crippen MR) is 180 cm³/mol. The van der Waals surface area contributed by atoms with Gasteiger partial charge in [-0.15, -0.1) is 0 Å². The normalized spacial score (nSPS) is 15.8. The van der Waals surface area contributed by atoms with Gasteiger partial charge in [0.25, 0.3) is 0 Å². The summed E-state index contributed by atoms with van der Waals surface area (Å²) in [4.78, 5) is 28.3. The van der Waals surface area contributed by atoms with Crippen LogP contribution >= 0.6 is 21.6 Å². The van der Waals surface area contributed by atoms with Crippen LogP contribution < -0.4 is 9.47 Å². The quantitative estimate of drug-likeness (QED) is 0.124. The SMILES string of the molecule is C=C1C=C(c2ccc(OC(=O)CC3=C(C)/C(=C/c4ccc(S(C)=O)cc4)c4cc(OC(=O)CCCC)c(F)cc43)cc2)SS1. The molecule has 1 aliphatic carbocycles. The summed E-state index contributed by atoms with van der Waals surface area (Å²) >= 11 is 0. The molecule has 1 unspecified atom stereocenters. The van der Waals surface area contributed by atoms with Crippen molar-refractivity contribution in [3.05, 3.63) is 112 Å². The fraction of sp³-hybridized carbons (Fsp3) is 0.200. The van der Waals surface area contributed by atoms with Crippen LogP contribution in [0.4, 0.5) is 4.39 Å². The first-order valence-electron chi connectivity index (χ1n) is 14.1. The molecule has 0 fully saturated rings. The summed E-state index contributed by atoms with van der Waals surface area (Å²) in [5, 5.41) is 0. The van der Waals surface area contributed by atoms with Gasteiger partial charge in [0.1, 0.15) is 5.75 Å². The van der Waals surface area contributed by atoms with E-state index < -0.39 is 28.6 Å². The van der Waals surface area contributed by atoms with Gasteiger partial charge in [0.2, 0.25) is 0 Å². The Hall–Kier alpha value is -3.66. The van der Waals surface area contributed by atoms with Crippen LogP contribution in [0.3, 0.4) is 0 Å². The van der Waals surface area contributed by atoms with Crippen molar-refractivity contribution < 1.29 is 27.7 Å². The van der Waals surface area contributed by atoms with Crippen molar-refractivity contribution in [2.75, 3.05) is 6.26 Å². The van der Waals surface area contributed by atoms with E-state index >= 15 is 4.39 Å². The van der Waals surface area contributed by atoms with Crippen molar-refractivity contribution in [1.82, 2.24) is 0 Å². The molecule has 1 heterocycles. The van der Waals surface area contributed by atoms with Crippen molar-refractivity contribution >= 4 is 66.5 Å². The predicted octanol–water partition coefficient (Wildman–Crippen LogP) is 9.23. The minimum Gasteiger partial charge on any atom is -0.426 e. The van der Waals surface area contributed by atoms with E-state index in [1.54, 1.807) is 52.1 Å². The molecule has 3 aromatic carbocycles. The first-order chi connectivity index (χ1) is 21.1. The summed E-state index contributed by atoms with van der Waals surface area (Å²) < 4.78 is 38.2. The van der Waals surface area contributed by atoms with Crippen LogP contribution in [0.25, 0.3) is 22.1 Å². The van der Waals surface area contributed by atoms with Gasteiger partial charge in [0, 0.05) is 38.2 Å². The molecule has 3 aromatic rings. The van der Waals surface area contributed by atoms with Crippen molar-refractivity contribution in [2.45, 2.75) is 44.4 Å². The molecule has 44 heavy (non-hydrogen) atoms. The highest BCUT2D eigenvalue weighted by atomic mass is 33.1. The number of halogens is 1. The molecule has 0 spiro atoms. The van der Waals surface area contributed by atoms with Crippen LogP contribution in [0.1, 0.15) is 61.8 Å². The third-order valence-electron chi connectivity index (χ3n) is 7.25. The minimum atomic E-state index is -1.11. The highest BCUT2D eigenvalue weighted by Gasteiger charge is 2.29. The van der Waals surface area contributed by atoms with Crippen LogP contribution in [-0.4, -0.2) is 22.4 Å². The number of ether oxygens (including phenoxy) is 2. The molecule has 5 nitrogen and oxygen atoms in total. The molecule has 1 aliphatic heterocycles. The largest absolute Gasteiger partial charge is 0.426 e. The summed E-state index contributed by atoms with van der Waals surface area (Å²) in [5.41, 5.74) is 5.23. The lowest BCUT2D eigenvalue weighted by molar-refractivity contribution is -0.135. The Balaban J connectivity index is 1.44. The number of esters is 2. The summed E-state index contributed by atoms with van der Waals surface area (Å²) in [6, 6.07) is 17.5. The second-order valence-electron chi connectivity index (χ2n) is 10.4. The summed E-state index contributed by atoms with van der Waals surface area (Å²) in [7, 11) is 2.13. The smallest absolute Gasteiger partial charge is 0.315 e. The maximum absolute atomic E-state index is 15.3. The fourth-order valence-corrected chi connectivity index (χ4v) is 7.47. The van der Waals surface area contributed by atoms with E-state index in [1.165, 1.54) is 12.1 Å². The topological polar surface area (TPSA) is 69.7 Å². The van der Waals surface area contributed by atoms with E-state index in [9.17, 15) is 13.8 Å². The molecule has 0 bridgehead atoms. The van der Waals surface area contributed by atoms with Crippen molar-refractivity contribution in [2.24, 2.45) is 0 Å². The molecule has 226 valence electrons. The van der Waals surface area contributed by atoms with Gasteiger partial charge in [0.05, 0.1) is 6.42 Å². The van der Waals surface area contributed by atoms with Crippen molar-refractivity contribution in [1.29, 1.82) is 0 Å². The van der Waals surface area contributed by atoms with Gasteiger partial charge < -0.3 is 9.47 Å². The zero-order chi connectivity index (χ0) is 31.4. The van der Waals surface area contributed by atoms with E-state index in [0.717, 1.165) is 38.5 Å². The van der Waals surface area contributed by atoms with Gasteiger partial charge in [-0.1, -0.05) is 65.8 Å². The number of carbonyl (C=O) groups is 2. The van der Waals surface area contributed by atoms with Crippen LogP contribution in [0, 0.1) is 5.82 Å². The molecule has 0 aromatic heterocycles. The first kappa shape index (κ1) is 31.8. The Bertz CT molecular complexity index is 1750. The number of rotatable bonds is 10. The molecule has 5 rings (SSSR count). The van der Waals surface area contributed by atoms with Gasteiger partial charge in [-0.3, -0.25) is 13.8 Å². The van der Waals surface area contributed by atoms with E-state index in [4.69, 9.17) is 9.47 Å². The van der Waals surface area contributed by atoms with Crippen LogP contribution in [-0.2, 0) is 20.4 Å². The zero-order valence-corrected chi connectivity index (χ0v) is 27.1. The minimum absolute atomic E-state index is 0.0851. The Morgan fingerprint density at radius 3 is 2.34 bits per heavy atom. The van der Waals surface area contributed by atoms with Gasteiger partial charge >= 0.3 is 11.9 Å². The molecule has 0 N–H and O–H groups in total. The summed E-state index contributed by atoms with van der Waals surface area (Å²) in [6.45, 7) is 7.80. The van der Waals surface area contributed by atoms with Crippen LogP contribution in [0.15, 0.2) is 88.7 Å². The highest BCUT2D eigenvalue weighted by molar-refractivity contribution is 8.82. The molecular formula is C35H31FO5S3. The van der Waals surface area contributed by atoms with E-state index in [0.29, 0.717) is 33.8 Å². The van der Waals surface area contributed by atoms with Crippen LogP contribution in [0.2, 0.25) is 0 Å². The average Bonchev–Trinajstić information content (AvgIpc) is 3.54. The standard InChI is InChI=1S/C35H31FO5S3/c1-5-6-7-34(37)41-32-19-30-27(17-23-8-14-26(15-9-23)44(4)39)22(3)28(29(30)18-31(32)36)20-35(38)40-25-12-10-24(11-13-25)33-16-21(2)42-43-33/h8-19H,2,5-7,20H2,1,3-4H3/b27-17-. The lowest BCUT2D eigenvalue weighted by atomic mass is 10.00. The van der Waals surface area contributed by atoms with Gasteiger partial charge in [0.15, 0.2) is 11.6 Å². The number of allylic oxidation sites excluding steroid dienone is 3.